The molecule has 2 aromatic carbocycles. The Morgan fingerprint density at radius 2 is 1.79 bits per heavy atom. The molecule has 0 radical (unpaired) electrons. The first-order valence-corrected chi connectivity index (χ1v) is 9.04. The molecule has 2 rings (SSSR count). The van der Waals surface area contributed by atoms with E-state index >= 15 is 0 Å². The van der Waals surface area contributed by atoms with Gasteiger partial charge in [0.25, 0.3) is 10.0 Å². The van der Waals surface area contributed by atoms with Crippen LogP contribution in [0.2, 0.25) is 0 Å². The topological polar surface area (TPSA) is 63.7 Å². The summed E-state index contributed by atoms with van der Waals surface area (Å²) in [6.45, 7) is 1.68. The fourth-order valence-corrected chi connectivity index (χ4v) is 4.16. The number of ether oxygens (including phenoxy) is 1. The van der Waals surface area contributed by atoms with Crippen LogP contribution in [-0.2, 0) is 14.8 Å². The minimum atomic E-state index is -3.96. The number of methoxy groups -OCH3 is 1. The van der Waals surface area contributed by atoms with Crippen molar-refractivity contribution in [2.75, 3.05) is 18.5 Å². The molecule has 0 aliphatic carbocycles. The minimum absolute atomic E-state index is 0.0791. The Morgan fingerprint density at radius 1 is 1.21 bits per heavy atom. The first-order chi connectivity index (χ1) is 11.2. The van der Waals surface area contributed by atoms with Crippen LogP contribution in [0.3, 0.4) is 0 Å². The predicted molar refractivity (Wildman–Crippen MR) is 92.2 cm³/mol. The number of benzene rings is 2. The summed E-state index contributed by atoms with van der Waals surface area (Å²) in [4.78, 5) is 12.0. The van der Waals surface area contributed by atoms with E-state index in [1.807, 2.05) is 0 Å². The summed E-state index contributed by atoms with van der Waals surface area (Å²) in [6, 6.07) is 7.66. The van der Waals surface area contributed by atoms with E-state index in [4.69, 9.17) is 4.74 Å². The summed E-state index contributed by atoms with van der Waals surface area (Å²) in [5, 5.41) is 0. The smallest absolute Gasteiger partial charge is 0.340 e. The summed E-state index contributed by atoms with van der Waals surface area (Å²) in [5.41, 5.74) is 0.880. The Hall–Kier alpha value is -1.93. The zero-order chi connectivity index (χ0) is 18.1. The van der Waals surface area contributed by atoms with Gasteiger partial charge in [-0.3, -0.25) is 4.31 Å². The number of carbonyl (C=O) groups is 1. The summed E-state index contributed by atoms with van der Waals surface area (Å²) >= 11 is 3.28. The van der Waals surface area contributed by atoms with Gasteiger partial charge < -0.3 is 4.74 Å². The van der Waals surface area contributed by atoms with E-state index in [9.17, 15) is 17.6 Å². The van der Waals surface area contributed by atoms with Gasteiger partial charge in [-0.2, -0.15) is 0 Å². The molecule has 0 unspecified atom stereocenters. The van der Waals surface area contributed by atoms with E-state index in [-0.39, 0.29) is 16.1 Å². The van der Waals surface area contributed by atoms with Crippen LogP contribution >= 0.6 is 15.9 Å². The Morgan fingerprint density at radius 3 is 2.33 bits per heavy atom. The molecule has 0 amide bonds. The maximum absolute atomic E-state index is 13.0. The van der Waals surface area contributed by atoms with Crippen molar-refractivity contribution in [3.05, 3.63) is 57.8 Å². The first-order valence-electron chi connectivity index (χ1n) is 6.81. The van der Waals surface area contributed by atoms with Crippen molar-refractivity contribution in [3.8, 4) is 0 Å². The van der Waals surface area contributed by atoms with Crippen molar-refractivity contribution in [2.24, 2.45) is 0 Å². The number of sulfonamides is 1. The third-order valence-corrected chi connectivity index (χ3v) is 5.69. The molecule has 0 fully saturated rings. The lowest BCUT2D eigenvalue weighted by molar-refractivity contribution is 0.0601. The SMILES string of the molecule is COC(=O)c1cc(Br)cc(C)c1N(C)S(=O)(=O)c1ccc(F)cc1. The van der Waals surface area contributed by atoms with E-state index in [1.54, 1.807) is 13.0 Å². The van der Waals surface area contributed by atoms with E-state index in [0.29, 0.717) is 10.0 Å². The molecule has 0 spiro atoms. The zero-order valence-corrected chi connectivity index (χ0v) is 15.6. The average Bonchev–Trinajstić information content (AvgIpc) is 2.53. The molecule has 0 N–H and O–H groups in total. The third-order valence-electron chi connectivity index (χ3n) is 3.46. The van der Waals surface area contributed by atoms with E-state index in [2.05, 4.69) is 15.9 Å². The largest absolute Gasteiger partial charge is 0.465 e. The van der Waals surface area contributed by atoms with E-state index in [1.165, 1.54) is 32.4 Å². The van der Waals surface area contributed by atoms with Gasteiger partial charge in [-0.25, -0.2) is 17.6 Å². The van der Waals surface area contributed by atoms with Crippen molar-refractivity contribution < 1.29 is 22.3 Å². The molecule has 0 aromatic heterocycles. The Balaban J connectivity index is 2.62. The fraction of sp³-hybridized carbons (Fsp3) is 0.188. The normalized spacial score (nSPS) is 11.2. The molecule has 0 saturated heterocycles. The quantitative estimate of drug-likeness (QED) is 0.716. The van der Waals surface area contributed by atoms with Crippen LogP contribution in [0.4, 0.5) is 10.1 Å². The summed E-state index contributed by atoms with van der Waals surface area (Å²) in [7, 11) is -1.41. The number of rotatable bonds is 4. The lowest BCUT2D eigenvalue weighted by Crippen LogP contribution is -2.29. The van der Waals surface area contributed by atoms with E-state index in [0.717, 1.165) is 16.4 Å². The Kier molecular flexibility index (Phi) is 5.29. The number of halogens is 2. The predicted octanol–water partition coefficient (Wildman–Crippen LogP) is 3.51. The summed E-state index contributed by atoms with van der Waals surface area (Å²) < 4.78 is 45.0. The second kappa shape index (κ2) is 6.90. The van der Waals surface area contributed by atoms with Gasteiger partial charge in [-0.1, -0.05) is 15.9 Å². The van der Waals surface area contributed by atoms with Gasteiger partial charge in [-0.05, 0) is 48.9 Å². The number of esters is 1. The monoisotopic (exact) mass is 415 g/mol. The molecule has 0 aliphatic rings. The van der Waals surface area contributed by atoms with Crippen molar-refractivity contribution in [1.29, 1.82) is 0 Å². The van der Waals surface area contributed by atoms with Crippen molar-refractivity contribution >= 4 is 37.6 Å². The molecule has 2 aromatic rings. The van der Waals surface area contributed by atoms with Gasteiger partial charge in [0.1, 0.15) is 5.82 Å². The molecule has 0 heterocycles. The van der Waals surface area contributed by atoms with Crippen molar-refractivity contribution in [1.82, 2.24) is 0 Å². The lowest BCUT2D eigenvalue weighted by atomic mass is 10.1. The lowest BCUT2D eigenvalue weighted by Gasteiger charge is -2.24. The van der Waals surface area contributed by atoms with Crippen LogP contribution in [0.25, 0.3) is 0 Å². The standard InChI is InChI=1S/C16H15BrFNO4S/c1-10-8-11(17)9-14(16(20)23-3)15(10)19(2)24(21,22)13-6-4-12(18)5-7-13/h4-9H,1-3H3. The number of hydrogen-bond donors (Lipinski definition) is 0. The molecule has 8 heteroatoms. The fourth-order valence-electron chi connectivity index (χ4n) is 2.30. The van der Waals surface area contributed by atoms with E-state index < -0.39 is 21.8 Å². The Labute approximate surface area is 148 Å². The van der Waals surface area contributed by atoms with Gasteiger partial charge in [0.2, 0.25) is 0 Å². The number of aryl methyl sites for hydroxylation is 1. The average molecular weight is 416 g/mol. The minimum Gasteiger partial charge on any atom is -0.465 e. The molecule has 5 nitrogen and oxygen atoms in total. The highest BCUT2D eigenvalue weighted by Gasteiger charge is 2.27. The molecule has 128 valence electrons. The van der Waals surface area contributed by atoms with Crippen LogP contribution in [0.5, 0.6) is 0 Å². The second-order valence-corrected chi connectivity index (χ2v) is 7.92. The van der Waals surface area contributed by atoms with Crippen LogP contribution in [-0.4, -0.2) is 28.5 Å². The van der Waals surface area contributed by atoms with Gasteiger partial charge in [-0.15, -0.1) is 0 Å². The zero-order valence-electron chi connectivity index (χ0n) is 13.2. The molecule has 0 atom stereocenters. The molecule has 24 heavy (non-hydrogen) atoms. The molecule has 0 saturated carbocycles. The van der Waals surface area contributed by atoms with Crippen molar-refractivity contribution in [2.45, 2.75) is 11.8 Å². The number of nitrogens with zero attached hydrogens (tertiary/aromatic N) is 1. The number of carbonyl (C=O) groups excluding carboxylic acids is 1. The highest BCUT2D eigenvalue weighted by molar-refractivity contribution is 9.10. The highest BCUT2D eigenvalue weighted by Crippen LogP contribution is 2.32. The van der Waals surface area contributed by atoms with Gasteiger partial charge in [0.05, 0.1) is 23.3 Å². The molecule has 0 aliphatic heterocycles. The van der Waals surface area contributed by atoms with Gasteiger partial charge >= 0.3 is 5.97 Å². The summed E-state index contributed by atoms with van der Waals surface area (Å²) in [6.07, 6.45) is 0. The maximum Gasteiger partial charge on any atom is 0.340 e. The third kappa shape index (κ3) is 3.44. The summed E-state index contributed by atoms with van der Waals surface area (Å²) in [5.74, 6) is -1.19. The molecular weight excluding hydrogens is 401 g/mol. The van der Waals surface area contributed by atoms with Gasteiger partial charge in [0.15, 0.2) is 0 Å². The van der Waals surface area contributed by atoms with Crippen LogP contribution in [0.15, 0.2) is 45.8 Å². The first kappa shape index (κ1) is 18.4. The highest BCUT2D eigenvalue weighted by atomic mass is 79.9. The number of anilines is 1. The molecule has 0 bridgehead atoms. The Bertz CT molecular complexity index is 882. The van der Waals surface area contributed by atoms with Crippen LogP contribution < -0.4 is 4.31 Å². The maximum atomic E-state index is 13.0. The van der Waals surface area contributed by atoms with Gasteiger partial charge in [0, 0.05) is 11.5 Å². The van der Waals surface area contributed by atoms with Crippen LogP contribution in [0, 0.1) is 12.7 Å². The van der Waals surface area contributed by atoms with Crippen LogP contribution in [0.1, 0.15) is 15.9 Å². The number of hydrogen-bond acceptors (Lipinski definition) is 4. The second-order valence-electron chi connectivity index (χ2n) is 5.04. The van der Waals surface area contributed by atoms with Crippen molar-refractivity contribution in [3.63, 3.8) is 0 Å². The molecular formula is C16H15BrFNO4S.